The van der Waals surface area contributed by atoms with Gasteiger partial charge in [0.25, 0.3) is 0 Å². The topological polar surface area (TPSA) is 88.7 Å². The summed E-state index contributed by atoms with van der Waals surface area (Å²) < 4.78 is 10.9. The molecule has 3 amide bonds. The average molecular weight is 406 g/mol. The second kappa shape index (κ2) is 11.8. The van der Waals surface area contributed by atoms with Crippen LogP contribution < -0.4 is 20.7 Å². The molecule has 0 aliphatic rings. The maximum atomic E-state index is 12.0. The summed E-state index contributed by atoms with van der Waals surface area (Å²) in [6.07, 6.45) is 0. The molecule has 0 fully saturated rings. The first-order valence-electron chi connectivity index (χ1n) is 8.94. The van der Waals surface area contributed by atoms with E-state index in [1.54, 1.807) is 18.2 Å². The van der Waals surface area contributed by atoms with Crippen LogP contribution in [0.4, 0.5) is 10.5 Å². The minimum absolute atomic E-state index is 0.110. The van der Waals surface area contributed by atoms with Gasteiger partial charge in [0.2, 0.25) is 5.91 Å². The fraction of sp³-hybridized carbons (Fsp3) is 0.300. The summed E-state index contributed by atoms with van der Waals surface area (Å²) in [5.41, 5.74) is 1.50. The van der Waals surface area contributed by atoms with Gasteiger partial charge in [-0.15, -0.1) is 0 Å². The number of halogens is 1. The second-order valence-electron chi connectivity index (χ2n) is 5.73. The van der Waals surface area contributed by atoms with Gasteiger partial charge in [-0.25, -0.2) is 4.79 Å². The summed E-state index contributed by atoms with van der Waals surface area (Å²) >= 11 is 6.17. The molecular formula is C20H24ClN3O4. The largest absolute Gasteiger partial charge is 0.487 e. The van der Waals surface area contributed by atoms with Crippen molar-refractivity contribution >= 4 is 29.2 Å². The Kier molecular flexibility index (Phi) is 9.10. The highest BCUT2D eigenvalue weighted by atomic mass is 35.5. The highest BCUT2D eigenvalue weighted by molar-refractivity contribution is 6.32. The summed E-state index contributed by atoms with van der Waals surface area (Å²) in [6.45, 7) is 3.49. The van der Waals surface area contributed by atoms with Crippen molar-refractivity contribution in [3.8, 4) is 5.75 Å². The van der Waals surface area contributed by atoms with E-state index in [0.29, 0.717) is 42.8 Å². The molecule has 0 atom stereocenters. The summed E-state index contributed by atoms with van der Waals surface area (Å²) in [7, 11) is 0. The van der Waals surface area contributed by atoms with Gasteiger partial charge >= 0.3 is 6.03 Å². The fourth-order valence-electron chi connectivity index (χ4n) is 2.31. The number of amides is 3. The molecule has 3 N–H and O–H groups in total. The van der Waals surface area contributed by atoms with Crippen molar-refractivity contribution in [2.24, 2.45) is 0 Å². The number of benzene rings is 2. The van der Waals surface area contributed by atoms with Crippen LogP contribution in [-0.2, 0) is 16.1 Å². The molecule has 2 rings (SSSR count). The number of para-hydroxylation sites is 1. The quantitative estimate of drug-likeness (QED) is 0.528. The van der Waals surface area contributed by atoms with Gasteiger partial charge in [-0.05, 0) is 24.6 Å². The smallest absolute Gasteiger partial charge is 0.321 e. The van der Waals surface area contributed by atoms with Crippen molar-refractivity contribution < 1.29 is 19.1 Å². The van der Waals surface area contributed by atoms with Gasteiger partial charge in [0.15, 0.2) is 5.75 Å². The minimum Gasteiger partial charge on any atom is -0.487 e. The molecule has 0 aliphatic heterocycles. The Bertz CT molecular complexity index is 771. The highest BCUT2D eigenvalue weighted by Crippen LogP contribution is 2.32. The van der Waals surface area contributed by atoms with E-state index in [1.165, 1.54) is 0 Å². The molecule has 28 heavy (non-hydrogen) atoms. The lowest BCUT2D eigenvalue weighted by atomic mass is 10.2. The normalized spacial score (nSPS) is 10.2. The van der Waals surface area contributed by atoms with Gasteiger partial charge in [-0.2, -0.15) is 0 Å². The van der Waals surface area contributed by atoms with Crippen LogP contribution in [0.5, 0.6) is 5.75 Å². The summed E-state index contributed by atoms with van der Waals surface area (Å²) in [6, 6.07) is 14.0. The molecule has 150 valence electrons. The number of rotatable bonds is 10. The third-order valence-corrected chi connectivity index (χ3v) is 3.93. The van der Waals surface area contributed by atoms with Gasteiger partial charge in [-0.1, -0.05) is 48.0 Å². The molecule has 2 aromatic carbocycles. The molecule has 0 saturated carbocycles. The zero-order chi connectivity index (χ0) is 20.2. The zero-order valence-corrected chi connectivity index (χ0v) is 16.4. The van der Waals surface area contributed by atoms with E-state index in [2.05, 4.69) is 16.0 Å². The van der Waals surface area contributed by atoms with E-state index >= 15 is 0 Å². The van der Waals surface area contributed by atoms with Crippen molar-refractivity contribution in [3.05, 3.63) is 59.1 Å². The Morgan fingerprint density at radius 1 is 1.04 bits per heavy atom. The van der Waals surface area contributed by atoms with Crippen LogP contribution in [0.3, 0.4) is 0 Å². The standard InChI is InChI=1S/C20H24ClN3O4/c1-2-27-11-12-28-19-16(21)9-6-10-17(19)22-14-18(25)24-20(26)23-13-15-7-4-3-5-8-15/h3-10,22H,2,11-14H2,1H3,(H2,23,24,25,26). The van der Waals surface area contributed by atoms with E-state index < -0.39 is 11.9 Å². The molecular weight excluding hydrogens is 382 g/mol. The first-order valence-corrected chi connectivity index (χ1v) is 9.32. The van der Waals surface area contributed by atoms with Crippen molar-refractivity contribution in [1.82, 2.24) is 10.6 Å². The Morgan fingerprint density at radius 2 is 1.82 bits per heavy atom. The summed E-state index contributed by atoms with van der Waals surface area (Å²) in [4.78, 5) is 23.8. The van der Waals surface area contributed by atoms with Crippen LogP contribution in [0.1, 0.15) is 12.5 Å². The monoisotopic (exact) mass is 405 g/mol. The SMILES string of the molecule is CCOCCOc1c(Cl)cccc1NCC(=O)NC(=O)NCc1ccccc1. The van der Waals surface area contributed by atoms with Gasteiger partial charge in [0.1, 0.15) is 6.61 Å². The molecule has 0 saturated heterocycles. The van der Waals surface area contributed by atoms with Crippen molar-refractivity contribution in [2.75, 3.05) is 31.7 Å². The van der Waals surface area contributed by atoms with Gasteiger partial charge in [0, 0.05) is 13.2 Å². The molecule has 0 radical (unpaired) electrons. The maximum absolute atomic E-state index is 12.0. The number of carbonyl (C=O) groups excluding carboxylic acids is 2. The van der Waals surface area contributed by atoms with Crippen LogP contribution in [0, 0.1) is 0 Å². The Labute approximate surface area is 169 Å². The number of carbonyl (C=O) groups is 2. The molecule has 0 aromatic heterocycles. The molecule has 2 aromatic rings. The Hall–Kier alpha value is -2.77. The fourth-order valence-corrected chi connectivity index (χ4v) is 2.54. The molecule has 0 heterocycles. The van der Waals surface area contributed by atoms with Gasteiger partial charge in [-0.3, -0.25) is 10.1 Å². The number of hydrogen-bond donors (Lipinski definition) is 3. The highest BCUT2D eigenvalue weighted by Gasteiger charge is 2.11. The lowest BCUT2D eigenvalue weighted by molar-refractivity contribution is -0.118. The van der Waals surface area contributed by atoms with Gasteiger partial charge < -0.3 is 20.1 Å². The predicted molar refractivity (Wildman–Crippen MR) is 109 cm³/mol. The van der Waals surface area contributed by atoms with Crippen LogP contribution in [0.15, 0.2) is 48.5 Å². The van der Waals surface area contributed by atoms with Crippen molar-refractivity contribution in [3.63, 3.8) is 0 Å². The van der Waals surface area contributed by atoms with Crippen LogP contribution >= 0.6 is 11.6 Å². The molecule has 0 spiro atoms. The first kappa shape index (κ1) is 21.5. The van der Waals surface area contributed by atoms with Crippen LogP contribution in [0.25, 0.3) is 0 Å². The second-order valence-corrected chi connectivity index (χ2v) is 6.14. The predicted octanol–water partition coefficient (Wildman–Crippen LogP) is 3.19. The van der Waals surface area contributed by atoms with E-state index in [1.807, 2.05) is 37.3 Å². The van der Waals surface area contributed by atoms with Crippen LogP contribution in [-0.4, -0.2) is 38.3 Å². The Balaban J connectivity index is 1.80. The number of urea groups is 1. The zero-order valence-electron chi connectivity index (χ0n) is 15.7. The lowest BCUT2D eigenvalue weighted by Gasteiger charge is -2.14. The van der Waals surface area contributed by atoms with Crippen LogP contribution in [0.2, 0.25) is 5.02 Å². The lowest BCUT2D eigenvalue weighted by Crippen LogP contribution is -2.41. The summed E-state index contributed by atoms with van der Waals surface area (Å²) in [5.74, 6) is -0.0454. The first-order chi connectivity index (χ1) is 13.6. The molecule has 0 aliphatic carbocycles. The van der Waals surface area contributed by atoms with Crippen molar-refractivity contribution in [1.29, 1.82) is 0 Å². The molecule has 8 heteroatoms. The number of imide groups is 1. The van der Waals surface area contributed by atoms with E-state index in [0.717, 1.165) is 5.56 Å². The molecule has 7 nitrogen and oxygen atoms in total. The third kappa shape index (κ3) is 7.46. The van der Waals surface area contributed by atoms with Gasteiger partial charge in [0.05, 0.1) is 23.9 Å². The molecule has 0 bridgehead atoms. The summed E-state index contributed by atoms with van der Waals surface area (Å²) in [5, 5.41) is 8.25. The number of ether oxygens (including phenoxy) is 2. The van der Waals surface area contributed by atoms with E-state index in [9.17, 15) is 9.59 Å². The van der Waals surface area contributed by atoms with E-state index in [4.69, 9.17) is 21.1 Å². The maximum Gasteiger partial charge on any atom is 0.321 e. The van der Waals surface area contributed by atoms with Crippen molar-refractivity contribution in [2.45, 2.75) is 13.5 Å². The number of anilines is 1. The number of nitrogens with one attached hydrogen (secondary N) is 3. The number of hydrogen-bond acceptors (Lipinski definition) is 5. The molecule has 0 unspecified atom stereocenters. The average Bonchev–Trinajstić information content (AvgIpc) is 2.70. The Morgan fingerprint density at radius 3 is 2.57 bits per heavy atom. The minimum atomic E-state index is -0.560. The van der Waals surface area contributed by atoms with E-state index in [-0.39, 0.29) is 6.54 Å². The third-order valence-electron chi connectivity index (χ3n) is 3.63.